The van der Waals surface area contributed by atoms with Gasteiger partial charge < -0.3 is 20.5 Å². The first kappa shape index (κ1) is 18.4. The lowest BCUT2D eigenvalue weighted by Crippen LogP contribution is -2.39. The lowest BCUT2D eigenvalue weighted by molar-refractivity contribution is 0.0934. The maximum Gasteiger partial charge on any atom is 0.256 e. The summed E-state index contributed by atoms with van der Waals surface area (Å²) in [6.45, 7) is 6.20. The van der Waals surface area contributed by atoms with Gasteiger partial charge in [-0.15, -0.1) is 11.3 Å². The minimum Gasteiger partial charge on any atom is -0.504 e. The molecule has 0 saturated carbocycles. The number of amides is 1. The van der Waals surface area contributed by atoms with Gasteiger partial charge in [0.05, 0.1) is 12.7 Å². The highest BCUT2D eigenvalue weighted by molar-refractivity contribution is 7.16. The lowest BCUT2D eigenvalue weighted by Gasteiger charge is -2.31. The molecule has 2 aliphatic rings. The molecule has 144 valence electrons. The number of aromatic hydroxyl groups is 1. The molecule has 0 unspecified atom stereocenters. The summed E-state index contributed by atoms with van der Waals surface area (Å²) in [6.07, 6.45) is 0.300. The molecule has 3 heterocycles. The minimum absolute atomic E-state index is 0.0320. The van der Waals surface area contributed by atoms with E-state index in [-0.39, 0.29) is 17.4 Å². The number of phenolic OH excluding ortho intramolecular Hbond substituents is 1. The summed E-state index contributed by atoms with van der Waals surface area (Å²) in [6, 6.07) is 3.65. The number of halogens is 1. The normalized spacial score (nSPS) is 19.3. The summed E-state index contributed by atoms with van der Waals surface area (Å²) in [5, 5.41) is 18.1. The summed E-state index contributed by atoms with van der Waals surface area (Å²) in [4.78, 5) is 16.5. The van der Waals surface area contributed by atoms with E-state index >= 15 is 0 Å². The lowest BCUT2D eigenvalue weighted by atomic mass is 9.99. The van der Waals surface area contributed by atoms with E-state index in [1.165, 1.54) is 12.0 Å². The Hall–Kier alpha value is -1.96. The number of fused-ring (bicyclic) bond motifs is 3. The van der Waals surface area contributed by atoms with Crippen LogP contribution in [0.3, 0.4) is 0 Å². The molecule has 3 N–H and O–H groups in total. The molecule has 0 saturated heterocycles. The Balaban J connectivity index is 1.69. The topological polar surface area (TPSA) is 73.8 Å². The number of ether oxygens (including phenoxy) is 1. The molecule has 1 atom stereocenters. The number of nitrogens with one attached hydrogen (secondary N) is 2. The number of thiophene rings is 1. The predicted molar refractivity (Wildman–Crippen MR) is 107 cm³/mol. The monoisotopic (exact) mass is 407 g/mol. The molecule has 0 spiro atoms. The van der Waals surface area contributed by atoms with Crippen molar-refractivity contribution in [3.05, 3.63) is 38.7 Å². The molecular formula is C19H22ClN3O3S. The number of phenols is 1. The minimum atomic E-state index is -0.570. The largest absolute Gasteiger partial charge is 0.504 e. The van der Waals surface area contributed by atoms with Crippen LogP contribution >= 0.6 is 22.9 Å². The van der Waals surface area contributed by atoms with Crippen LogP contribution in [-0.4, -0.2) is 35.6 Å². The van der Waals surface area contributed by atoms with Gasteiger partial charge in [-0.1, -0.05) is 11.6 Å². The SMILES string of the molecule is COc1cc(Cl)cc([C@@H]2NC(=O)c3c(sc4c3CCN(C(C)C)C4)N2)c1O. The van der Waals surface area contributed by atoms with E-state index in [0.717, 1.165) is 35.6 Å². The van der Waals surface area contributed by atoms with E-state index in [0.29, 0.717) is 16.6 Å². The summed E-state index contributed by atoms with van der Waals surface area (Å²) in [5.41, 5.74) is 2.36. The molecular weight excluding hydrogens is 386 g/mol. The maximum absolute atomic E-state index is 12.9. The first-order chi connectivity index (χ1) is 12.9. The van der Waals surface area contributed by atoms with Crippen molar-refractivity contribution >= 4 is 33.8 Å². The van der Waals surface area contributed by atoms with Crippen molar-refractivity contribution in [2.75, 3.05) is 19.0 Å². The van der Waals surface area contributed by atoms with Gasteiger partial charge in [0, 0.05) is 40.7 Å². The van der Waals surface area contributed by atoms with Crippen LogP contribution in [0, 0.1) is 0 Å². The third-order valence-corrected chi connectivity index (χ3v) is 6.56. The summed E-state index contributed by atoms with van der Waals surface area (Å²) in [7, 11) is 1.47. The molecule has 8 heteroatoms. The molecule has 0 fully saturated rings. The maximum atomic E-state index is 12.9. The van der Waals surface area contributed by atoms with Crippen LogP contribution in [0.25, 0.3) is 0 Å². The molecule has 27 heavy (non-hydrogen) atoms. The van der Waals surface area contributed by atoms with E-state index in [1.807, 2.05) is 0 Å². The Morgan fingerprint density at radius 2 is 2.15 bits per heavy atom. The molecule has 0 bridgehead atoms. The van der Waals surface area contributed by atoms with E-state index in [9.17, 15) is 9.90 Å². The molecule has 4 rings (SSSR count). The van der Waals surface area contributed by atoms with Crippen molar-refractivity contribution in [1.82, 2.24) is 10.2 Å². The smallest absolute Gasteiger partial charge is 0.256 e. The first-order valence-corrected chi connectivity index (χ1v) is 10.1. The van der Waals surface area contributed by atoms with Crippen molar-refractivity contribution in [3.8, 4) is 11.5 Å². The third-order valence-electron chi connectivity index (χ3n) is 5.19. The molecule has 2 aliphatic heterocycles. The fraction of sp³-hybridized carbons (Fsp3) is 0.421. The average molecular weight is 408 g/mol. The summed E-state index contributed by atoms with van der Waals surface area (Å²) >= 11 is 7.77. The summed E-state index contributed by atoms with van der Waals surface area (Å²) in [5.74, 6) is 0.121. The van der Waals surface area contributed by atoms with Gasteiger partial charge in [0.25, 0.3) is 5.91 Å². The van der Waals surface area contributed by atoms with Gasteiger partial charge >= 0.3 is 0 Å². The van der Waals surface area contributed by atoms with Crippen molar-refractivity contribution in [3.63, 3.8) is 0 Å². The van der Waals surface area contributed by atoms with Crippen LogP contribution in [0.15, 0.2) is 12.1 Å². The van der Waals surface area contributed by atoms with Crippen molar-refractivity contribution in [2.45, 2.75) is 39.0 Å². The number of anilines is 1. The van der Waals surface area contributed by atoms with Gasteiger partial charge in [-0.2, -0.15) is 0 Å². The third kappa shape index (κ3) is 3.13. The first-order valence-electron chi connectivity index (χ1n) is 8.91. The zero-order valence-corrected chi connectivity index (χ0v) is 17.0. The number of hydrogen-bond acceptors (Lipinski definition) is 6. The zero-order valence-electron chi connectivity index (χ0n) is 15.4. The van der Waals surface area contributed by atoms with Gasteiger partial charge in [0.15, 0.2) is 11.5 Å². The quantitative estimate of drug-likeness (QED) is 0.722. The Bertz CT molecular complexity index is 912. The van der Waals surface area contributed by atoms with Crippen LogP contribution in [0.1, 0.15) is 46.4 Å². The van der Waals surface area contributed by atoms with Crippen LogP contribution in [0.2, 0.25) is 5.02 Å². The molecule has 0 radical (unpaired) electrons. The molecule has 1 aromatic carbocycles. The van der Waals surface area contributed by atoms with Gasteiger partial charge in [-0.25, -0.2) is 0 Å². The van der Waals surface area contributed by atoms with Crippen LogP contribution in [0.4, 0.5) is 5.00 Å². The second-order valence-corrected chi connectivity index (χ2v) is 8.66. The summed E-state index contributed by atoms with van der Waals surface area (Å²) < 4.78 is 5.18. The Kier molecular flexibility index (Phi) is 4.70. The Morgan fingerprint density at radius 3 is 2.85 bits per heavy atom. The van der Waals surface area contributed by atoms with Gasteiger partial charge in [-0.3, -0.25) is 9.69 Å². The van der Waals surface area contributed by atoms with E-state index in [2.05, 4.69) is 29.4 Å². The van der Waals surface area contributed by atoms with E-state index < -0.39 is 6.17 Å². The Morgan fingerprint density at radius 1 is 1.37 bits per heavy atom. The fourth-order valence-corrected chi connectivity index (χ4v) is 5.22. The van der Waals surface area contributed by atoms with Crippen LogP contribution in [-0.2, 0) is 13.0 Å². The molecule has 6 nitrogen and oxygen atoms in total. The Labute approximate surface area is 167 Å². The second-order valence-electron chi connectivity index (χ2n) is 7.12. The number of carbonyl (C=O) groups is 1. The number of carbonyl (C=O) groups excluding carboxylic acids is 1. The van der Waals surface area contributed by atoms with Crippen molar-refractivity contribution in [1.29, 1.82) is 0 Å². The van der Waals surface area contributed by atoms with E-state index in [1.54, 1.807) is 23.5 Å². The van der Waals surface area contributed by atoms with Gasteiger partial charge in [0.1, 0.15) is 11.2 Å². The fourth-order valence-electron chi connectivity index (χ4n) is 3.70. The van der Waals surface area contributed by atoms with Gasteiger partial charge in [0.2, 0.25) is 0 Å². The zero-order chi connectivity index (χ0) is 19.3. The highest BCUT2D eigenvalue weighted by atomic mass is 35.5. The number of hydrogen-bond donors (Lipinski definition) is 3. The second kappa shape index (κ2) is 6.89. The highest BCUT2D eigenvalue weighted by Gasteiger charge is 2.34. The van der Waals surface area contributed by atoms with Crippen LogP contribution in [0.5, 0.6) is 11.5 Å². The number of benzene rings is 1. The van der Waals surface area contributed by atoms with Crippen molar-refractivity contribution in [2.24, 2.45) is 0 Å². The molecule has 2 aromatic rings. The van der Waals surface area contributed by atoms with Crippen LogP contribution < -0.4 is 15.4 Å². The molecule has 1 amide bonds. The number of nitrogens with zero attached hydrogens (tertiary/aromatic N) is 1. The number of methoxy groups -OCH3 is 1. The standard InChI is InChI=1S/C19H22ClN3O3S/c1-9(2)23-5-4-11-14(8-23)27-19-15(11)18(25)21-17(22-19)12-6-10(20)7-13(26-3)16(12)24/h6-7,9,17,22,24H,4-5,8H2,1-3H3,(H,21,25)/t17-/m1/s1. The highest BCUT2D eigenvalue weighted by Crippen LogP contribution is 2.43. The van der Waals surface area contributed by atoms with E-state index in [4.69, 9.17) is 16.3 Å². The molecule has 0 aliphatic carbocycles. The number of rotatable bonds is 3. The average Bonchev–Trinajstić information content (AvgIpc) is 3.01. The van der Waals surface area contributed by atoms with Crippen molar-refractivity contribution < 1.29 is 14.6 Å². The molecule has 1 aromatic heterocycles. The van der Waals surface area contributed by atoms with Gasteiger partial charge in [-0.05, 0) is 31.9 Å². The predicted octanol–water partition coefficient (Wildman–Crippen LogP) is 3.74.